The van der Waals surface area contributed by atoms with Crippen LogP contribution in [0.1, 0.15) is 19.4 Å². The van der Waals surface area contributed by atoms with Crippen molar-refractivity contribution in [2.75, 3.05) is 6.54 Å². The van der Waals surface area contributed by atoms with Gasteiger partial charge in [0.15, 0.2) is 0 Å². The van der Waals surface area contributed by atoms with E-state index in [0.29, 0.717) is 5.56 Å². The minimum absolute atomic E-state index is 0.0510. The van der Waals surface area contributed by atoms with Crippen molar-refractivity contribution in [1.82, 2.24) is 4.90 Å². The molecule has 0 radical (unpaired) electrons. The summed E-state index contributed by atoms with van der Waals surface area (Å²) in [6, 6.07) is 3.53. The second-order valence-corrected chi connectivity index (χ2v) is 4.83. The first kappa shape index (κ1) is 15.4. The molecular weight excluding hydrogens is 273 g/mol. The Morgan fingerprint density at radius 2 is 2.05 bits per heavy atom. The highest BCUT2D eigenvalue weighted by atomic mass is 35.5. The first-order valence-corrected chi connectivity index (χ1v) is 6.14. The minimum Gasteiger partial charge on any atom is -0.480 e. The maximum absolute atomic E-state index is 12.9. The van der Waals surface area contributed by atoms with Gasteiger partial charge in [0, 0.05) is 11.1 Å². The van der Waals surface area contributed by atoms with Crippen molar-refractivity contribution < 1.29 is 19.1 Å². The second kappa shape index (κ2) is 6.52. The summed E-state index contributed by atoms with van der Waals surface area (Å²) in [6.45, 7) is 3.09. The highest BCUT2D eigenvalue weighted by molar-refractivity contribution is 6.31. The molecule has 19 heavy (non-hydrogen) atoms. The van der Waals surface area contributed by atoms with Crippen molar-refractivity contribution in [3.8, 4) is 0 Å². The largest absolute Gasteiger partial charge is 0.480 e. The molecule has 0 saturated carbocycles. The van der Waals surface area contributed by atoms with Gasteiger partial charge in [-0.05, 0) is 31.5 Å². The predicted molar refractivity (Wildman–Crippen MR) is 69.6 cm³/mol. The zero-order valence-corrected chi connectivity index (χ0v) is 11.4. The molecule has 0 bridgehead atoms. The third-order valence-corrected chi connectivity index (χ3v) is 2.96. The Balaban J connectivity index is 2.84. The fourth-order valence-electron chi connectivity index (χ4n) is 1.63. The molecule has 1 rings (SSSR count). The van der Waals surface area contributed by atoms with Crippen LogP contribution in [0.2, 0.25) is 5.02 Å². The van der Waals surface area contributed by atoms with Crippen LogP contribution in [0.3, 0.4) is 0 Å². The molecule has 0 aliphatic carbocycles. The van der Waals surface area contributed by atoms with Crippen molar-refractivity contribution in [1.29, 1.82) is 0 Å². The normalized spacial score (nSPS) is 10.6. The zero-order valence-electron chi connectivity index (χ0n) is 10.7. The average Bonchev–Trinajstić information content (AvgIpc) is 2.29. The summed E-state index contributed by atoms with van der Waals surface area (Å²) < 4.78 is 12.9. The lowest BCUT2D eigenvalue weighted by Gasteiger charge is -2.25. The number of rotatable bonds is 5. The third-order valence-electron chi connectivity index (χ3n) is 2.61. The summed E-state index contributed by atoms with van der Waals surface area (Å²) in [5.74, 6) is -1.91. The fraction of sp³-hybridized carbons (Fsp3) is 0.385. The number of amides is 1. The van der Waals surface area contributed by atoms with Crippen LogP contribution in [0, 0.1) is 5.82 Å². The number of hydrogen-bond donors (Lipinski definition) is 1. The molecule has 6 heteroatoms. The lowest BCUT2D eigenvalue weighted by molar-refractivity contribution is -0.145. The maximum atomic E-state index is 12.9. The van der Waals surface area contributed by atoms with Gasteiger partial charge in [-0.25, -0.2) is 4.39 Å². The summed E-state index contributed by atoms with van der Waals surface area (Å²) in [4.78, 5) is 24.0. The molecular formula is C13H15ClFNO3. The lowest BCUT2D eigenvalue weighted by atomic mass is 10.1. The van der Waals surface area contributed by atoms with Gasteiger partial charge in [0.05, 0.1) is 6.42 Å². The SMILES string of the molecule is CC(C)N(CC(=O)O)C(=O)Cc1ccc(F)cc1Cl. The van der Waals surface area contributed by atoms with Crippen LogP contribution in [-0.4, -0.2) is 34.5 Å². The highest BCUT2D eigenvalue weighted by Gasteiger charge is 2.20. The standard InChI is InChI=1S/C13H15ClFNO3/c1-8(2)16(7-13(18)19)12(17)5-9-3-4-10(15)6-11(9)14/h3-4,6,8H,5,7H2,1-2H3,(H,18,19). The molecule has 4 nitrogen and oxygen atoms in total. The Bertz CT molecular complexity index is 491. The van der Waals surface area contributed by atoms with Crippen LogP contribution in [-0.2, 0) is 16.0 Å². The van der Waals surface area contributed by atoms with Gasteiger partial charge in [-0.15, -0.1) is 0 Å². The maximum Gasteiger partial charge on any atom is 0.323 e. The van der Waals surface area contributed by atoms with E-state index in [2.05, 4.69) is 0 Å². The Kier molecular flexibility index (Phi) is 5.30. The first-order chi connectivity index (χ1) is 8.81. The molecule has 0 atom stereocenters. The number of carboxylic acids is 1. The van der Waals surface area contributed by atoms with E-state index in [-0.39, 0.29) is 29.9 Å². The van der Waals surface area contributed by atoms with Crippen molar-refractivity contribution in [2.45, 2.75) is 26.3 Å². The van der Waals surface area contributed by atoms with Crippen LogP contribution in [0.4, 0.5) is 4.39 Å². The van der Waals surface area contributed by atoms with Gasteiger partial charge < -0.3 is 10.0 Å². The average molecular weight is 288 g/mol. The minimum atomic E-state index is -1.08. The number of hydrogen-bond acceptors (Lipinski definition) is 2. The molecule has 0 spiro atoms. The number of benzene rings is 1. The van der Waals surface area contributed by atoms with E-state index in [0.717, 1.165) is 6.07 Å². The second-order valence-electron chi connectivity index (χ2n) is 4.42. The first-order valence-electron chi connectivity index (χ1n) is 5.76. The molecule has 1 N–H and O–H groups in total. The summed E-state index contributed by atoms with van der Waals surface area (Å²) >= 11 is 5.84. The number of carboxylic acid groups (broad SMARTS) is 1. The van der Waals surface area contributed by atoms with Gasteiger partial charge in [0.25, 0.3) is 0 Å². The molecule has 0 aliphatic heterocycles. The summed E-state index contributed by atoms with van der Waals surface area (Å²) in [7, 11) is 0. The molecule has 0 unspecified atom stereocenters. The predicted octanol–water partition coefficient (Wildman–Crippen LogP) is 2.34. The van der Waals surface area contributed by atoms with Gasteiger partial charge in [0.2, 0.25) is 5.91 Å². The molecule has 0 heterocycles. The van der Waals surface area contributed by atoms with Crippen LogP contribution >= 0.6 is 11.6 Å². The van der Waals surface area contributed by atoms with E-state index in [1.807, 2.05) is 0 Å². The van der Waals surface area contributed by atoms with Crippen LogP contribution in [0.15, 0.2) is 18.2 Å². The van der Waals surface area contributed by atoms with Gasteiger partial charge in [-0.3, -0.25) is 9.59 Å². The summed E-state index contributed by atoms with van der Waals surface area (Å²) in [5, 5.41) is 8.93. The highest BCUT2D eigenvalue weighted by Crippen LogP contribution is 2.18. The summed E-state index contributed by atoms with van der Waals surface area (Å²) in [5.41, 5.74) is 0.476. The molecule has 1 aromatic carbocycles. The monoisotopic (exact) mass is 287 g/mol. The quantitative estimate of drug-likeness (QED) is 0.904. The Hall–Kier alpha value is -1.62. The third kappa shape index (κ3) is 4.52. The van der Waals surface area contributed by atoms with E-state index < -0.39 is 11.8 Å². The van der Waals surface area contributed by atoms with Crippen molar-refractivity contribution in [3.63, 3.8) is 0 Å². The Morgan fingerprint density at radius 3 is 2.53 bits per heavy atom. The Labute approximate surface area is 115 Å². The van der Waals surface area contributed by atoms with Crippen LogP contribution < -0.4 is 0 Å². The molecule has 0 saturated heterocycles. The van der Waals surface area contributed by atoms with E-state index >= 15 is 0 Å². The van der Waals surface area contributed by atoms with E-state index in [1.165, 1.54) is 17.0 Å². The molecule has 104 valence electrons. The number of nitrogens with zero attached hydrogens (tertiary/aromatic N) is 1. The van der Waals surface area contributed by atoms with Gasteiger partial charge in [-0.2, -0.15) is 0 Å². The molecule has 1 aromatic rings. The lowest BCUT2D eigenvalue weighted by Crippen LogP contribution is -2.41. The molecule has 0 aliphatic rings. The van der Waals surface area contributed by atoms with Crippen molar-refractivity contribution in [2.24, 2.45) is 0 Å². The van der Waals surface area contributed by atoms with Gasteiger partial charge in [0.1, 0.15) is 12.4 Å². The molecule has 0 aromatic heterocycles. The smallest absolute Gasteiger partial charge is 0.323 e. The van der Waals surface area contributed by atoms with Gasteiger partial charge in [-0.1, -0.05) is 17.7 Å². The molecule has 0 fully saturated rings. The van der Waals surface area contributed by atoms with Crippen molar-refractivity contribution >= 4 is 23.5 Å². The number of halogens is 2. The number of carbonyl (C=O) groups excluding carboxylic acids is 1. The van der Waals surface area contributed by atoms with E-state index in [4.69, 9.17) is 16.7 Å². The Morgan fingerprint density at radius 1 is 1.42 bits per heavy atom. The topological polar surface area (TPSA) is 57.6 Å². The van der Waals surface area contributed by atoms with Crippen LogP contribution in [0.25, 0.3) is 0 Å². The fourth-order valence-corrected chi connectivity index (χ4v) is 1.87. The van der Waals surface area contributed by atoms with Gasteiger partial charge >= 0.3 is 5.97 Å². The van der Waals surface area contributed by atoms with Crippen molar-refractivity contribution in [3.05, 3.63) is 34.6 Å². The van der Waals surface area contributed by atoms with E-state index in [1.54, 1.807) is 13.8 Å². The number of carbonyl (C=O) groups is 2. The van der Waals surface area contributed by atoms with Crippen LogP contribution in [0.5, 0.6) is 0 Å². The zero-order chi connectivity index (χ0) is 14.6. The molecule has 1 amide bonds. The number of aliphatic carboxylic acids is 1. The summed E-state index contributed by atoms with van der Waals surface area (Å²) in [6.07, 6.45) is -0.0510. The van der Waals surface area contributed by atoms with E-state index in [9.17, 15) is 14.0 Å².